The highest BCUT2D eigenvalue weighted by Gasteiger charge is 2.31. The van der Waals surface area contributed by atoms with Crippen molar-refractivity contribution in [3.05, 3.63) is 18.5 Å². The Labute approximate surface area is 100 Å². The molecule has 0 amide bonds. The lowest BCUT2D eigenvalue weighted by molar-refractivity contribution is 0.594. The van der Waals surface area contributed by atoms with Crippen LogP contribution in [0.2, 0.25) is 0 Å². The first kappa shape index (κ1) is 12.0. The molecule has 0 aliphatic carbocycles. The van der Waals surface area contributed by atoms with Crippen LogP contribution in [0.3, 0.4) is 0 Å². The van der Waals surface area contributed by atoms with E-state index in [4.69, 9.17) is 5.84 Å². The second-order valence-corrected chi connectivity index (χ2v) is 5.52. The van der Waals surface area contributed by atoms with Crippen molar-refractivity contribution in [3.8, 4) is 0 Å². The van der Waals surface area contributed by atoms with Crippen molar-refractivity contribution >= 4 is 21.5 Å². The number of nitrogens with zero attached hydrogens (tertiary/aromatic N) is 3. The average molecular weight is 254 g/mol. The highest BCUT2D eigenvalue weighted by molar-refractivity contribution is 7.90. The molecule has 1 unspecified atom stereocenters. The van der Waals surface area contributed by atoms with Gasteiger partial charge in [-0.25, -0.2) is 5.84 Å². The number of rotatable bonds is 2. The number of anilines is 1. The van der Waals surface area contributed by atoms with Crippen molar-refractivity contribution in [1.82, 2.24) is 4.98 Å². The van der Waals surface area contributed by atoms with Crippen LogP contribution < -0.4 is 10.9 Å². The van der Waals surface area contributed by atoms with Crippen LogP contribution in [0.15, 0.2) is 27.8 Å². The Morgan fingerprint density at radius 3 is 2.88 bits per heavy atom. The zero-order chi connectivity index (χ0) is 12.6. The van der Waals surface area contributed by atoms with Crippen molar-refractivity contribution < 1.29 is 8.42 Å². The fraction of sp³-hybridized carbons (Fsp3) is 0.400. The molecule has 1 aliphatic rings. The number of fused-ring (bicyclic) bond motifs is 1. The molecule has 0 spiro atoms. The maximum absolute atomic E-state index is 11.9. The highest BCUT2D eigenvalue weighted by Crippen LogP contribution is 2.30. The van der Waals surface area contributed by atoms with E-state index in [1.165, 1.54) is 17.4 Å². The number of hydrogen-bond donors (Lipinski definition) is 1. The summed E-state index contributed by atoms with van der Waals surface area (Å²) in [5, 5.41) is 1.33. The Morgan fingerprint density at radius 2 is 2.24 bits per heavy atom. The summed E-state index contributed by atoms with van der Waals surface area (Å²) < 4.78 is 27.6. The molecule has 7 heteroatoms. The van der Waals surface area contributed by atoms with E-state index in [0.717, 1.165) is 6.42 Å². The molecule has 0 saturated heterocycles. The van der Waals surface area contributed by atoms with Crippen LogP contribution in [0.1, 0.15) is 20.3 Å². The summed E-state index contributed by atoms with van der Waals surface area (Å²) in [7, 11) is -3.68. The number of aromatic nitrogens is 1. The molecule has 0 aromatic carbocycles. The molecule has 0 saturated carbocycles. The second-order valence-electron chi connectivity index (χ2n) is 3.95. The summed E-state index contributed by atoms with van der Waals surface area (Å²) in [6.07, 6.45) is 3.54. The minimum atomic E-state index is -3.68. The molecule has 0 fully saturated rings. The molecule has 1 aromatic rings. The lowest BCUT2D eigenvalue weighted by Gasteiger charge is -2.28. The first-order chi connectivity index (χ1) is 7.97. The molecule has 1 atom stereocenters. The van der Waals surface area contributed by atoms with Crippen molar-refractivity contribution in [3.63, 3.8) is 0 Å². The normalized spacial score (nSPS) is 19.5. The topological polar surface area (TPSA) is 88.7 Å². The van der Waals surface area contributed by atoms with Crippen molar-refractivity contribution in [2.24, 2.45) is 16.2 Å². The van der Waals surface area contributed by atoms with Crippen molar-refractivity contribution in [1.29, 1.82) is 0 Å². The highest BCUT2D eigenvalue weighted by atomic mass is 32.2. The zero-order valence-electron chi connectivity index (χ0n) is 9.66. The van der Waals surface area contributed by atoms with Crippen molar-refractivity contribution in [2.45, 2.75) is 25.2 Å². The molecular weight excluding hydrogens is 240 g/mol. The Morgan fingerprint density at radius 1 is 1.53 bits per heavy atom. The number of hydrazine groups is 1. The van der Waals surface area contributed by atoms with Gasteiger partial charge in [0.2, 0.25) is 0 Å². The molecule has 2 N–H and O–H groups in total. The van der Waals surface area contributed by atoms with E-state index in [0.29, 0.717) is 11.5 Å². The third kappa shape index (κ3) is 1.91. The molecule has 17 heavy (non-hydrogen) atoms. The second kappa shape index (κ2) is 4.08. The van der Waals surface area contributed by atoms with Gasteiger partial charge in [-0.3, -0.25) is 9.99 Å². The summed E-state index contributed by atoms with van der Waals surface area (Å²) in [5.41, 5.74) is 0.422. The summed E-state index contributed by atoms with van der Waals surface area (Å²) in [4.78, 5) is 3.84. The van der Waals surface area contributed by atoms with Gasteiger partial charge >= 0.3 is 0 Å². The maximum Gasteiger partial charge on any atom is 0.287 e. The summed E-state index contributed by atoms with van der Waals surface area (Å²) in [6, 6.07) is 1.57. The summed E-state index contributed by atoms with van der Waals surface area (Å²) in [6.45, 7) is 3.84. The van der Waals surface area contributed by atoms with Gasteiger partial charge in [0.05, 0.1) is 5.69 Å². The van der Waals surface area contributed by atoms with Gasteiger partial charge in [-0.2, -0.15) is 8.42 Å². The van der Waals surface area contributed by atoms with E-state index in [2.05, 4.69) is 9.38 Å². The number of hydrogen-bond acceptors (Lipinski definition) is 5. The number of sulfonamides is 1. The van der Waals surface area contributed by atoms with Gasteiger partial charge in [0.15, 0.2) is 0 Å². The van der Waals surface area contributed by atoms with Crippen LogP contribution in [-0.4, -0.2) is 19.2 Å². The Balaban J connectivity index is 2.62. The molecule has 6 nitrogen and oxygen atoms in total. The van der Waals surface area contributed by atoms with Gasteiger partial charge in [0.1, 0.15) is 10.7 Å². The monoisotopic (exact) mass is 254 g/mol. The van der Waals surface area contributed by atoms with Crippen LogP contribution in [0.5, 0.6) is 0 Å². The number of nitrogens with two attached hydrogens (primary N) is 1. The number of pyridine rings is 1. The molecular formula is C10H14N4O2S. The van der Waals surface area contributed by atoms with E-state index >= 15 is 0 Å². The van der Waals surface area contributed by atoms with Crippen LogP contribution in [0, 0.1) is 5.92 Å². The van der Waals surface area contributed by atoms with E-state index in [-0.39, 0.29) is 10.8 Å². The predicted molar refractivity (Wildman–Crippen MR) is 65.0 cm³/mol. The SMILES string of the molecule is CCC(C)C1=NS(=O)(=O)c2cnccc2N1N. The first-order valence-corrected chi connectivity index (χ1v) is 6.75. The van der Waals surface area contributed by atoms with Crippen molar-refractivity contribution in [2.75, 3.05) is 5.01 Å². The quantitative estimate of drug-likeness (QED) is 0.792. The fourth-order valence-corrected chi connectivity index (χ4v) is 2.86. The van der Waals surface area contributed by atoms with E-state index in [9.17, 15) is 8.42 Å². The zero-order valence-corrected chi connectivity index (χ0v) is 10.5. The third-order valence-corrected chi connectivity index (χ3v) is 4.11. The number of amidine groups is 1. The van der Waals surface area contributed by atoms with Gasteiger partial charge in [0.25, 0.3) is 10.0 Å². The lowest BCUT2D eigenvalue weighted by atomic mass is 10.1. The summed E-state index contributed by atoms with van der Waals surface area (Å²) >= 11 is 0. The molecule has 0 bridgehead atoms. The largest absolute Gasteiger partial charge is 0.287 e. The Hall–Kier alpha value is -1.47. The van der Waals surface area contributed by atoms with Gasteiger partial charge in [0, 0.05) is 18.3 Å². The molecule has 2 heterocycles. The molecule has 92 valence electrons. The predicted octanol–water partition coefficient (Wildman–Crippen LogP) is 0.909. The Bertz CT molecular complexity index is 567. The molecule has 1 aromatic heterocycles. The van der Waals surface area contributed by atoms with Gasteiger partial charge < -0.3 is 0 Å². The van der Waals surface area contributed by atoms with Gasteiger partial charge in [-0.05, 0) is 12.5 Å². The summed E-state index contributed by atoms with van der Waals surface area (Å²) in [5.74, 6) is 6.25. The lowest BCUT2D eigenvalue weighted by Crippen LogP contribution is -2.44. The van der Waals surface area contributed by atoms with Crippen LogP contribution >= 0.6 is 0 Å². The molecule has 2 rings (SSSR count). The molecule has 0 radical (unpaired) electrons. The fourth-order valence-electron chi connectivity index (χ4n) is 1.62. The standard InChI is InChI=1S/C10H14N4O2S/c1-3-7(2)10-13-17(15,16)9-6-12-5-4-8(9)14(10)11/h4-7H,3,11H2,1-2H3. The Kier molecular flexibility index (Phi) is 2.88. The van der Waals surface area contributed by atoms with Crippen LogP contribution in [0.4, 0.5) is 5.69 Å². The van der Waals surface area contributed by atoms with E-state index in [1.54, 1.807) is 6.07 Å². The molecule has 1 aliphatic heterocycles. The minimum Gasteiger partial charge on any atom is -0.263 e. The smallest absolute Gasteiger partial charge is 0.263 e. The van der Waals surface area contributed by atoms with E-state index in [1.807, 2.05) is 13.8 Å². The maximum atomic E-state index is 11.9. The van der Waals surface area contributed by atoms with Gasteiger partial charge in [-0.1, -0.05) is 13.8 Å². The first-order valence-electron chi connectivity index (χ1n) is 5.31. The van der Waals surface area contributed by atoms with Crippen LogP contribution in [-0.2, 0) is 10.0 Å². The van der Waals surface area contributed by atoms with E-state index < -0.39 is 10.0 Å². The third-order valence-electron chi connectivity index (χ3n) is 2.81. The van der Waals surface area contributed by atoms with Gasteiger partial charge in [-0.15, -0.1) is 4.40 Å². The minimum absolute atomic E-state index is 0.0175. The average Bonchev–Trinajstić information content (AvgIpc) is 2.33. The van der Waals surface area contributed by atoms with Crippen LogP contribution in [0.25, 0.3) is 0 Å².